The Morgan fingerprint density at radius 2 is 1.52 bits per heavy atom. The zero-order chi connectivity index (χ0) is 18.2. The molecule has 0 fully saturated rings. The molecule has 132 valence electrons. The fourth-order valence-electron chi connectivity index (χ4n) is 3.37. The maximum atomic E-state index is 9.67. The summed E-state index contributed by atoms with van der Waals surface area (Å²) in [6, 6.07) is 21.9. The molecule has 0 aliphatic rings. The van der Waals surface area contributed by atoms with Crippen molar-refractivity contribution >= 4 is 0 Å². The summed E-state index contributed by atoms with van der Waals surface area (Å²) in [7, 11) is 2.17. The SMILES string of the molecule is CC(C)c1ccccc1C(C#N)CCCN(C)C(C)c1ccccc1. The van der Waals surface area contributed by atoms with E-state index < -0.39 is 0 Å². The van der Waals surface area contributed by atoms with Gasteiger partial charge in [0.25, 0.3) is 0 Å². The molecule has 2 nitrogen and oxygen atoms in total. The molecule has 2 atom stereocenters. The Bertz CT molecular complexity index is 685. The van der Waals surface area contributed by atoms with Crippen molar-refractivity contribution in [1.82, 2.24) is 4.90 Å². The van der Waals surface area contributed by atoms with Crippen molar-refractivity contribution in [3.8, 4) is 6.07 Å². The largest absolute Gasteiger partial charge is 0.300 e. The predicted molar refractivity (Wildman–Crippen MR) is 106 cm³/mol. The number of nitriles is 1. The maximum Gasteiger partial charge on any atom is 0.0716 e. The quantitative estimate of drug-likeness (QED) is 0.602. The van der Waals surface area contributed by atoms with E-state index in [1.165, 1.54) is 16.7 Å². The lowest BCUT2D eigenvalue weighted by Gasteiger charge is -2.25. The third kappa shape index (κ3) is 5.18. The van der Waals surface area contributed by atoms with Crippen LogP contribution in [0.25, 0.3) is 0 Å². The fraction of sp³-hybridized carbons (Fsp3) is 0.435. The molecule has 0 amide bonds. The summed E-state index contributed by atoms with van der Waals surface area (Å²) in [6.45, 7) is 7.63. The minimum atomic E-state index is -0.0148. The van der Waals surface area contributed by atoms with Gasteiger partial charge < -0.3 is 0 Å². The first-order chi connectivity index (χ1) is 12.0. The van der Waals surface area contributed by atoms with Gasteiger partial charge in [-0.1, -0.05) is 68.4 Å². The molecule has 0 saturated carbocycles. The van der Waals surface area contributed by atoms with Crippen LogP contribution in [0.5, 0.6) is 0 Å². The van der Waals surface area contributed by atoms with E-state index in [9.17, 15) is 5.26 Å². The molecule has 2 rings (SSSR count). The van der Waals surface area contributed by atoms with Crippen molar-refractivity contribution in [3.05, 3.63) is 71.3 Å². The lowest BCUT2D eigenvalue weighted by molar-refractivity contribution is 0.255. The summed E-state index contributed by atoms with van der Waals surface area (Å²) in [4.78, 5) is 2.37. The highest BCUT2D eigenvalue weighted by molar-refractivity contribution is 5.35. The van der Waals surface area contributed by atoms with Crippen LogP contribution in [0.3, 0.4) is 0 Å². The smallest absolute Gasteiger partial charge is 0.0716 e. The van der Waals surface area contributed by atoms with E-state index >= 15 is 0 Å². The molecule has 2 aromatic rings. The maximum absolute atomic E-state index is 9.67. The van der Waals surface area contributed by atoms with Gasteiger partial charge in [0.1, 0.15) is 0 Å². The lowest BCUT2D eigenvalue weighted by Crippen LogP contribution is -2.23. The van der Waals surface area contributed by atoms with Crippen LogP contribution in [-0.2, 0) is 0 Å². The number of rotatable bonds is 8. The Hall–Kier alpha value is -2.11. The van der Waals surface area contributed by atoms with Gasteiger partial charge in [0, 0.05) is 6.04 Å². The Morgan fingerprint density at radius 3 is 2.12 bits per heavy atom. The normalized spacial score (nSPS) is 13.6. The van der Waals surface area contributed by atoms with Crippen molar-refractivity contribution < 1.29 is 0 Å². The van der Waals surface area contributed by atoms with Gasteiger partial charge >= 0.3 is 0 Å². The van der Waals surface area contributed by atoms with Crippen LogP contribution in [0.15, 0.2) is 54.6 Å². The van der Waals surface area contributed by atoms with Gasteiger partial charge in [-0.15, -0.1) is 0 Å². The Kier molecular flexibility index (Phi) is 7.22. The van der Waals surface area contributed by atoms with Crippen LogP contribution < -0.4 is 0 Å². The molecule has 2 unspecified atom stereocenters. The van der Waals surface area contributed by atoms with E-state index in [0.717, 1.165) is 19.4 Å². The molecular formula is C23H30N2. The standard InChI is InChI=1S/C23H30N2/c1-18(2)22-14-8-9-15-23(22)21(17-24)13-10-16-25(4)19(3)20-11-6-5-7-12-20/h5-9,11-12,14-15,18-19,21H,10,13,16H2,1-4H3. The Balaban J connectivity index is 1.95. The first kappa shape index (κ1) is 19.2. The molecule has 0 aromatic heterocycles. The highest BCUT2D eigenvalue weighted by Crippen LogP contribution is 2.29. The van der Waals surface area contributed by atoms with Gasteiger partial charge in [0.2, 0.25) is 0 Å². The monoisotopic (exact) mass is 334 g/mol. The number of hydrogen-bond donors (Lipinski definition) is 0. The third-order valence-electron chi connectivity index (χ3n) is 5.10. The van der Waals surface area contributed by atoms with E-state index in [-0.39, 0.29) is 5.92 Å². The van der Waals surface area contributed by atoms with E-state index in [1.54, 1.807) is 0 Å². The van der Waals surface area contributed by atoms with E-state index in [0.29, 0.717) is 12.0 Å². The van der Waals surface area contributed by atoms with Crippen LogP contribution in [0.4, 0.5) is 0 Å². The highest BCUT2D eigenvalue weighted by Gasteiger charge is 2.17. The number of hydrogen-bond acceptors (Lipinski definition) is 2. The molecule has 2 aromatic carbocycles. The Labute approximate surface area is 153 Å². The molecule has 0 radical (unpaired) electrons. The van der Waals surface area contributed by atoms with E-state index in [2.05, 4.69) is 93.4 Å². The van der Waals surface area contributed by atoms with Crippen LogP contribution >= 0.6 is 0 Å². The summed E-state index contributed by atoms with van der Waals surface area (Å²) in [6.07, 6.45) is 1.93. The third-order valence-corrected chi connectivity index (χ3v) is 5.10. The molecular weight excluding hydrogens is 304 g/mol. The average Bonchev–Trinajstić information content (AvgIpc) is 2.65. The second-order valence-electron chi connectivity index (χ2n) is 7.17. The van der Waals surface area contributed by atoms with Crippen molar-refractivity contribution in [2.24, 2.45) is 0 Å². The van der Waals surface area contributed by atoms with Gasteiger partial charge in [0.15, 0.2) is 0 Å². The molecule has 0 spiro atoms. The summed E-state index contributed by atoms with van der Waals surface area (Å²) >= 11 is 0. The summed E-state index contributed by atoms with van der Waals surface area (Å²) < 4.78 is 0. The lowest BCUT2D eigenvalue weighted by atomic mass is 9.87. The molecule has 0 bridgehead atoms. The van der Waals surface area contributed by atoms with Crippen molar-refractivity contribution in [2.75, 3.05) is 13.6 Å². The molecule has 0 aliphatic carbocycles. The second kappa shape index (κ2) is 9.39. The first-order valence-corrected chi connectivity index (χ1v) is 9.28. The molecule has 2 heteroatoms. The molecule has 0 aliphatic heterocycles. The van der Waals surface area contributed by atoms with Gasteiger partial charge in [-0.05, 0) is 56.0 Å². The molecule has 0 N–H and O–H groups in total. The minimum absolute atomic E-state index is 0.0148. The highest BCUT2D eigenvalue weighted by atomic mass is 15.1. The number of benzene rings is 2. The minimum Gasteiger partial charge on any atom is -0.300 e. The Morgan fingerprint density at radius 1 is 0.920 bits per heavy atom. The molecule has 0 heterocycles. The second-order valence-corrected chi connectivity index (χ2v) is 7.17. The first-order valence-electron chi connectivity index (χ1n) is 9.28. The van der Waals surface area contributed by atoms with Crippen molar-refractivity contribution in [2.45, 2.75) is 51.5 Å². The average molecular weight is 335 g/mol. The van der Waals surface area contributed by atoms with Crippen LogP contribution in [0.2, 0.25) is 0 Å². The summed E-state index contributed by atoms with van der Waals surface area (Å²) in [5.74, 6) is 0.437. The zero-order valence-corrected chi connectivity index (χ0v) is 15.9. The molecule has 25 heavy (non-hydrogen) atoms. The predicted octanol–water partition coefficient (Wildman–Crippen LogP) is 5.89. The van der Waals surface area contributed by atoms with Gasteiger partial charge in [-0.25, -0.2) is 0 Å². The molecule has 0 saturated heterocycles. The van der Waals surface area contributed by atoms with E-state index in [4.69, 9.17) is 0 Å². The summed E-state index contributed by atoms with van der Waals surface area (Å²) in [5, 5.41) is 9.67. The van der Waals surface area contributed by atoms with Gasteiger partial charge in [-0.3, -0.25) is 4.90 Å². The van der Waals surface area contributed by atoms with Gasteiger partial charge in [-0.2, -0.15) is 5.26 Å². The van der Waals surface area contributed by atoms with E-state index in [1.807, 2.05) is 0 Å². The van der Waals surface area contributed by atoms with Crippen LogP contribution in [0, 0.1) is 11.3 Å². The van der Waals surface area contributed by atoms with Gasteiger partial charge in [0.05, 0.1) is 12.0 Å². The zero-order valence-electron chi connectivity index (χ0n) is 15.9. The van der Waals surface area contributed by atoms with Crippen LogP contribution in [-0.4, -0.2) is 18.5 Å². The topological polar surface area (TPSA) is 27.0 Å². The van der Waals surface area contributed by atoms with Crippen molar-refractivity contribution in [1.29, 1.82) is 5.26 Å². The van der Waals surface area contributed by atoms with Crippen molar-refractivity contribution in [3.63, 3.8) is 0 Å². The van der Waals surface area contributed by atoms with Crippen LogP contribution in [0.1, 0.15) is 68.2 Å². The summed E-state index contributed by atoms with van der Waals surface area (Å²) in [5.41, 5.74) is 3.85. The number of nitrogens with zero attached hydrogens (tertiary/aromatic N) is 2. The fourth-order valence-corrected chi connectivity index (χ4v) is 3.37.